The number of aromatic nitrogens is 3. The van der Waals surface area contributed by atoms with Gasteiger partial charge in [-0.25, -0.2) is 9.97 Å². The van der Waals surface area contributed by atoms with Gasteiger partial charge >= 0.3 is 0 Å². The maximum absolute atomic E-state index is 13.4. The van der Waals surface area contributed by atoms with Crippen molar-refractivity contribution in [3.05, 3.63) is 57.9 Å². The van der Waals surface area contributed by atoms with E-state index in [2.05, 4.69) is 4.98 Å². The molecule has 3 aromatic rings. The number of nitriles is 1. The topological polar surface area (TPSA) is 112 Å². The third-order valence-electron chi connectivity index (χ3n) is 4.75. The molecule has 7 nitrogen and oxygen atoms in total. The first-order valence-electron chi connectivity index (χ1n) is 9.57. The Kier molecular flexibility index (Phi) is 5.66. The first kappa shape index (κ1) is 20.5. The van der Waals surface area contributed by atoms with Crippen LogP contribution in [-0.4, -0.2) is 24.7 Å². The fraction of sp³-hybridized carbons (Fsp3) is 0.364. The number of phenols is 1. The van der Waals surface area contributed by atoms with E-state index in [1.54, 1.807) is 12.1 Å². The molecule has 0 bridgehead atoms. The highest BCUT2D eigenvalue weighted by atomic mass is 16.3. The molecule has 0 fully saturated rings. The van der Waals surface area contributed by atoms with E-state index in [0.717, 1.165) is 0 Å². The van der Waals surface area contributed by atoms with E-state index >= 15 is 0 Å². The Morgan fingerprint density at radius 1 is 1.17 bits per heavy atom. The molecular weight excluding hydrogens is 368 g/mol. The van der Waals surface area contributed by atoms with Crippen LogP contribution in [0, 0.1) is 17.2 Å². The fourth-order valence-electron chi connectivity index (χ4n) is 3.39. The van der Waals surface area contributed by atoms with Crippen molar-refractivity contribution in [2.24, 2.45) is 5.92 Å². The number of hydrogen-bond donors (Lipinski definition) is 2. The number of pyridine rings is 1. The van der Waals surface area contributed by atoms with Crippen LogP contribution in [0.1, 0.15) is 63.2 Å². The van der Waals surface area contributed by atoms with Gasteiger partial charge in [0.1, 0.15) is 23.3 Å². The summed E-state index contributed by atoms with van der Waals surface area (Å²) >= 11 is 0. The summed E-state index contributed by atoms with van der Waals surface area (Å²) in [6.07, 6.45) is 0.973. The quantitative estimate of drug-likeness (QED) is 0.686. The van der Waals surface area contributed by atoms with Crippen LogP contribution in [0.3, 0.4) is 0 Å². The first-order valence-corrected chi connectivity index (χ1v) is 9.57. The molecule has 1 atom stereocenters. The van der Waals surface area contributed by atoms with Crippen LogP contribution >= 0.6 is 0 Å². The average Bonchev–Trinajstić information content (AvgIpc) is 2.67. The summed E-state index contributed by atoms with van der Waals surface area (Å²) in [6, 6.07) is 8.09. The average molecular weight is 392 g/mol. The van der Waals surface area contributed by atoms with Crippen molar-refractivity contribution >= 4 is 10.9 Å². The molecule has 0 aliphatic rings. The fourth-order valence-corrected chi connectivity index (χ4v) is 3.39. The minimum absolute atomic E-state index is 0.0787. The van der Waals surface area contributed by atoms with E-state index in [-0.39, 0.29) is 34.4 Å². The number of hydrogen-bond acceptors (Lipinski definition) is 6. The van der Waals surface area contributed by atoms with Crippen molar-refractivity contribution in [1.29, 1.82) is 5.26 Å². The third kappa shape index (κ3) is 3.84. The number of aliphatic hydroxyl groups excluding tert-OH is 1. The predicted molar refractivity (Wildman–Crippen MR) is 110 cm³/mol. The van der Waals surface area contributed by atoms with Crippen molar-refractivity contribution in [1.82, 2.24) is 14.5 Å². The normalized spacial score (nSPS) is 12.5. The Morgan fingerprint density at radius 3 is 2.45 bits per heavy atom. The molecule has 0 aliphatic heterocycles. The van der Waals surface area contributed by atoms with Gasteiger partial charge in [0.25, 0.3) is 5.56 Å². The lowest BCUT2D eigenvalue weighted by atomic mass is 9.96. The second-order valence-electron chi connectivity index (χ2n) is 7.82. The molecule has 0 saturated heterocycles. The molecule has 1 unspecified atom stereocenters. The second kappa shape index (κ2) is 8.02. The number of nitrogens with zero attached hydrogens (tertiary/aromatic N) is 4. The molecule has 2 heterocycles. The Morgan fingerprint density at radius 2 is 1.90 bits per heavy atom. The first-order chi connectivity index (χ1) is 13.7. The zero-order valence-electron chi connectivity index (χ0n) is 16.9. The van der Waals surface area contributed by atoms with Gasteiger partial charge in [-0.05, 0) is 36.6 Å². The SMILES string of the molecule is CC(C)CC(O)c1c(O)ccc2c(=O)n(-c3ccc(C#N)nc3)c(C(C)C)nc12. The van der Waals surface area contributed by atoms with Crippen molar-refractivity contribution in [3.63, 3.8) is 0 Å². The molecule has 0 spiro atoms. The zero-order valence-corrected chi connectivity index (χ0v) is 16.9. The summed E-state index contributed by atoms with van der Waals surface area (Å²) < 4.78 is 1.47. The van der Waals surface area contributed by atoms with Gasteiger partial charge in [0, 0.05) is 11.5 Å². The van der Waals surface area contributed by atoms with Crippen LogP contribution in [0.5, 0.6) is 5.75 Å². The van der Waals surface area contributed by atoms with Crippen LogP contribution in [0.25, 0.3) is 16.6 Å². The largest absolute Gasteiger partial charge is 0.507 e. The molecule has 0 radical (unpaired) electrons. The lowest BCUT2D eigenvalue weighted by Crippen LogP contribution is -2.25. The summed E-state index contributed by atoms with van der Waals surface area (Å²) in [6.45, 7) is 7.77. The molecule has 29 heavy (non-hydrogen) atoms. The van der Waals surface area contributed by atoms with Gasteiger partial charge in [-0.15, -0.1) is 0 Å². The molecule has 3 rings (SSSR count). The highest BCUT2D eigenvalue weighted by molar-refractivity contribution is 5.84. The van der Waals surface area contributed by atoms with Gasteiger partial charge in [0.05, 0.1) is 28.9 Å². The summed E-state index contributed by atoms with van der Waals surface area (Å²) in [5.41, 5.74) is 1.03. The highest BCUT2D eigenvalue weighted by Gasteiger charge is 2.23. The summed E-state index contributed by atoms with van der Waals surface area (Å²) in [4.78, 5) is 22.1. The van der Waals surface area contributed by atoms with E-state index in [1.165, 1.54) is 22.9 Å². The van der Waals surface area contributed by atoms with E-state index in [4.69, 9.17) is 10.2 Å². The Balaban J connectivity index is 2.34. The molecule has 0 amide bonds. The minimum Gasteiger partial charge on any atom is -0.507 e. The summed E-state index contributed by atoms with van der Waals surface area (Å²) in [5.74, 6) is 0.497. The van der Waals surface area contributed by atoms with Crippen LogP contribution in [0.4, 0.5) is 0 Å². The molecule has 150 valence electrons. The van der Waals surface area contributed by atoms with Crippen LogP contribution in [0.15, 0.2) is 35.3 Å². The molecule has 0 aliphatic carbocycles. The van der Waals surface area contributed by atoms with Crippen molar-refractivity contribution in [3.8, 4) is 17.5 Å². The van der Waals surface area contributed by atoms with E-state index in [0.29, 0.717) is 28.8 Å². The highest BCUT2D eigenvalue weighted by Crippen LogP contribution is 2.34. The van der Waals surface area contributed by atoms with Crippen LogP contribution < -0.4 is 5.56 Å². The molecule has 7 heteroatoms. The lowest BCUT2D eigenvalue weighted by molar-refractivity contribution is 0.149. The van der Waals surface area contributed by atoms with Gasteiger partial charge in [-0.3, -0.25) is 9.36 Å². The van der Waals surface area contributed by atoms with Gasteiger partial charge in [-0.1, -0.05) is 27.7 Å². The Labute approximate surface area is 168 Å². The van der Waals surface area contributed by atoms with Crippen molar-refractivity contribution in [2.45, 2.75) is 46.1 Å². The number of benzene rings is 1. The predicted octanol–water partition coefficient (Wildman–Crippen LogP) is 3.56. The minimum atomic E-state index is -0.932. The summed E-state index contributed by atoms with van der Waals surface area (Å²) in [5, 5.41) is 30.4. The smallest absolute Gasteiger partial charge is 0.266 e. The van der Waals surface area contributed by atoms with Crippen molar-refractivity contribution < 1.29 is 10.2 Å². The summed E-state index contributed by atoms with van der Waals surface area (Å²) in [7, 11) is 0. The zero-order chi connectivity index (χ0) is 21.3. The van der Waals surface area contributed by atoms with Crippen molar-refractivity contribution in [2.75, 3.05) is 0 Å². The number of rotatable bonds is 5. The standard InChI is InChI=1S/C22H24N4O3/c1-12(2)9-18(28)19-17(27)8-7-16-20(19)25-21(13(3)4)26(22(16)29)15-6-5-14(10-23)24-11-15/h5-8,11-13,18,27-28H,9H2,1-4H3. The van der Waals surface area contributed by atoms with E-state index < -0.39 is 6.10 Å². The number of fused-ring (bicyclic) bond motifs is 1. The Hall–Kier alpha value is -3.24. The molecular formula is C22H24N4O3. The molecule has 2 aromatic heterocycles. The number of aromatic hydroxyl groups is 1. The maximum Gasteiger partial charge on any atom is 0.266 e. The number of aliphatic hydroxyl groups is 1. The lowest BCUT2D eigenvalue weighted by Gasteiger charge is -2.20. The van der Waals surface area contributed by atoms with Crippen LogP contribution in [-0.2, 0) is 0 Å². The van der Waals surface area contributed by atoms with E-state index in [9.17, 15) is 15.0 Å². The van der Waals surface area contributed by atoms with Crippen LogP contribution in [0.2, 0.25) is 0 Å². The number of phenolic OH excluding ortho intramolecular Hbond substituents is 1. The van der Waals surface area contributed by atoms with E-state index in [1.807, 2.05) is 33.8 Å². The maximum atomic E-state index is 13.4. The van der Waals surface area contributed by atoms with Gasteiger partial charge < -0.3 is 10.2 Å². The monoisotopic (exact) mass is 392 g/mol. The van der Waals surface area contributed by atoms with Gasteiger partial charge in [-0.2, -0.15) is 5.26 Å². The Bertz CT molecular complexity index is 1140. The van der Waals surface area contributed by atoms with Gasteiger partial charge in [0.15, 0.2) is 0 Å². The second-order valence-corrected chi connectivity index (χ2v) is 7.82. The molecule has 1 aromatic carbocycles. The molecule has 0 saturated carbocycles. The third-order valence-corrected chi connectivity index (χ3v) is 4.75. The van der Waals surface area contributed by atoms with Gasteiger partial charge in [0.2, 0.25) is 0 Å². The molecule has 2 N–H and O–H groups in total.